The Bertz CT molecular complexity index is 1000. The lowest BCUT2D eigenvalue weighted by molar-refractivity contribution is 0.0730. The molecule has 0 radical (unpaired) electrons. The van der Waals surface area contributed by atoms with E-state index in [9.17, 15) is 8.42 Å². The molecule has 152 valence electrons. The van der Waals surface area contributed by atoms with Crippen molar-refractivity contribution >= 4 is 21.8 Å². The molecule has 4 rings (SSSR count). The Kier molecular flexibility index (Phi) is 5.75. The maximum atomic E-state index is 12.7. The third kappa shape index (κ3) is 4.39. The zero-order chi connectivity index (χ0) is 20.3. The highest BCUT2D eigenvalue weighted by Crippen LogP contribution is 2.29. The van der Waals surface area contributed by atoms with Crippen molar-refractivity contribution in [3.05, 3.63) is 71.8 Å². The van der Waals surface area contributed by atoms with Gasteiger partial charge in [-0.15, -0.1) is 4.40 Å². The molecule has 0 amide bonds. The second kappa shape index (κ2) is 8.44. The van der Waals surface area contributed by atoms with E-state index >= 15 is 0 Å². The van der Waals surface area contributed by atoms with E-state index in [0.717, 1.165) is 16.8 Å². The average Bonchev–Trinajstić information content (AvgIpc) is 3.21. The van der Waals surface area contributed by atoms with Gasteiger partial charge >= 0.3 is 10.2 Å². The third-order valence-corrected chi connectivity index (χ3v) is 6.62. The number of hydrogen-bond donors (Lipinski definition) is 0. The van der Waals surface area contributed by atoms with E-state index in [-0.39, 0.29) is 5.92 Å². The average molecular weight is 413 g/mol. The van der Waals surface area contributed by atoms with E-state index in [1.54, 1.807) is 11.9 Å². The molecular weight excluding hydrogens is 388 g/mol. The van der Waals surface area contributed by atoms with Gasteiger partial charge < -0.3 is 4.74 Å². The highest BCUT2D eigenvalue weighted by Gasteiger charge is 2.31. The summed E-state index contributed by atoms with van der Waals surface area (Å²) < 4.78 is 36.0. The molecule has 2 aromatic rings. The number of rotatable bonds is 4. The quantitative estimate of drug-likeness (QED) is 0.571. The van der Waals surface area contributed by atoms with Crippen molar-refractivity contribution in [3.63, 3.8) is 0 Å². The highest BCUT2D eigenvalue weighted by molar-refractivity contribution is 7.87. The molecule has 2 aliphatic heterocycles. The minimum Gasteiger partial charge on any atom is -0.379 e. The van der Waals surface area contributed by atoms with Crippen LogP contribution in [0, 0.1) is 0 Å². The van der Waals surface area contributed by atoms with Crippen LogP contribution in [0.3, 0.4) is 0 Å². The van der Waals surface area contributed by atoms with Gasteiger partial charge in [0.25, 0.3) is 0 Å². The molecular formula is C21H24N4O3S. The number of ether oxygens (including phenoxy) is 1. The number of amidine groups is 1. The minimum absolute atomic E-state index is 0.0369. The topological polar surface area (TPSA) is 74.6 Å². The van der Waals surface area contributed by atoms with Crippen molar-refractivity contribution in [2.45, 2.75) is 12.8 Å². The summed E-state index contributed by atoms with van der Waals surface area (Å²) in [5, 5.41) is 6.45. The smallest absolute Gasteiger partial charge is 0.324 e. The molecule has 8 heteroatoms. The van der Waals surface area contributed by atoms with Crippen LogP contribution in [0.15, 0.2) is 70.2 Å². The van der Waals surface area contributed by atoms with Gasteiger partial charge in [-0.25, -0.2) is 5.01 Å². The van der Waals surface area contributed by atoms with Gasteiger partial charge in [0.05, 0.1) is 25.5 Å². The largest absolute Gasteiger partial charge is 0.379 e. The predicted octanol–water partition coefficient (Wildman–Crippen LogP) is 2.49. The van der Waals surface area contributed by atoms with Crippen LogP contribution in [-0.2, 0) is 14.9 Å². The van der Waals surface area contributed by atoms with Crippen LogP contribution in [0.25, 0.3) is 0 Å². The lowest BCUT2D eigenvalue weighted by atomic mass is 9.91. The Balaban J connectivity index is 1.64. The Morgan fingerprint density at radius 1 is 1.03 bits per heavy atom. The fourth-order valence-electron chi connectivity index (χ4n) is 3.57. The molecule has 2 aliphatic rings. The van der Waals surface area contributed by atoms with Crippen LogP contribution >= 0.6 is 0 Å². The molecule has 0 saturated carbocycles. The van der Waals surface area contributed by atoms with Crippen LogP contribution in [0.2, 0.25) is 0 Å². The third-order valence-electron chi connectivity index (χ3n) is 5.10. The van der Waals surface area contributed by atoms with E-state index in [2.05, 4.69) is 16.5 Å². The van der Waals surface area contributed by atoms with Crippen molar-refractivity contribution in [2.75, 3.05) is 32.8 Å². The van der Waals surface area contributed by atoms with Gasteiger partial charge in [0, 0.05) is 19.0 Å². The summed E-state index contributed by atoms with van der Waals surface area (Å²) in [5.41, 5.74) is 3.07. The molecule has 1 saturated heterocycles. The molecule has 29 heavy (non-hydrogen) atoms. The molecule has 7 nitrogen and oxygen atoms in total. The van der Waals surface area contributed by atoms with Crippen LogP contribution in [0.1, 0.15) is 24.0 Å². The summed E-state index contributed by atoms with van der Waals surface area (Å²) in [4.78, 5) is 0. The molecule has 1 unspecified atom stereocenters. The zero-order valence-electron chi connectivity index (χ0n) is 16.3. The second-order valence-corrected chi connectivity index (χ2v) is 8.62. The molecule has 0 aromatic heterocycles. The Morgan fingerprint density at radius 3 is 2.31 bits per heavy atom. The van der Waals surface area contributed by atoms with E-state index in [1.165, 1.54) is 4.31 Å². The van der Waals surface area contributed by atoms with Crippen molar-refractivity contribution in [3.8, 4) is 0 Å². The molecule has 0 aliphatic carbocycles. The van der Waals surface area contributed by atoms with Gasteiger partial charge in [-0.3, -0.25) is 0 Å². The zero-order valence-corrected chi connectivity index (χ0v) is 17.1. The highest BCUT2D eigenvalue weighted by atomic mass is 32.2. The summed E-state index contributed by atoms with van der Waals surface area (Å²) in [5.74, 6) is 0.401. The van der Waals surface area contributed by atoms with Crippen LogP contribution < -0.4 is 0 Å². The summed E-state index contributed by atoms with van der Waals surface area (Å²) in [6.45, 7) is 3.67. The fraction of sp³-hybridized carbons (Fsp3) is 0.333. The first-order valence-electron chi connectivity index (χ1n) is 9.65. The Hall–Kier alpha value is -2.55. The van der Waals surface area contributed by atoms with Crippen LogP contribution in [0.4, 0.5) is 0 Å². The maximum absolute atomic E-state index is 12.7. The number of benzene rings is 2. The first kappa shape index (κ1) is 19.8. The monoisotopic (exact) mass is 412 g/mol. The van der Waals surface area contributed by atoms with Crippen LogP contribution in [-0.4, -0.2) is 62.1 Å². The molecule has 0 N–H and O–H groups in total. The number of morpholine rings is 1. The van der Waals surface area contributed by atoms with Gasteiger partial charge in [-0.1, -0.05) is 60.7 Å². The first-order chi connectivity index (χ1) is 14.0. The molecule has 0 spiro atoms. The van der Waals surface area contributed by atoms with Gasteiger partial charge in [-0.05, 0) is 18.1 Å². The van der Waals surface area contributed by atoms with E-state index < -0.39 is 10.2 Å². The fourth-order valence-corrected chi connectivity index (χ4v) is 4.72. The molecule has 2 aromatic carbocycles. The molecule has 2 heterocycles. The lowest BCUT2D eigenvalue weighted by Gasteiger charge is -2.24. The maximum Gasteiger partial charge on any atom is 0.324 e. The Labute approximate surface area is 171 Å². The predicted molar refractivity (Wildman–Crippen MR) is 113 cm³/mol. The second-order valence-electron chi connectivity index (χ2n) is 7.02. The number of nitrogens with zero attached hydrogens (tertiary/aromatic N) is 4. The normalized spacial score (nSPS) is 21.3. The van der Waals surface area contributed by atoms with Crippen molar-refractivity contribution in [1.82, 2.24) is 9.31 Å². The van der Waals surface area contributed by atoms with Crippen molar-refractivity contribution in [2.24, 2.45) is 9.50 Å². The van der Waals surface area contributed by atoms with Gasteiger partial charge in [0.1, 0.15) is 5.84 Å². The van der Waals surface area contributed by atoms with E-state index in [1.807, 2.05) is 48.5 Å². The summed E-state index contributed by atoms with van der Waals surface area (Å²) in [7, 11) is -3.75. The molecule has 0 bridgehead atoms. The minimum atomic E-state index is -3.75. The first-order valence-corrected chi connectivity index (χ1v) is 11.0. The van der Waals surface area contributed by atoms with Crippen molar-refractivity contribution < 1.29 is 13.2 Å². The van der Waals surface area contributed by atoms with Crippen LogP contribution in [0.5, 0.6) is 0 Å². The SMILES string of the molecule is C/C(=N\S(=O)(=O)N1CCOCC1)N1CC(c2ccccc2)C(c2ccccc2)=N1. The molecule has 1 atom stereocenters. The number of hydrogen-bond acceptors (Lipinski definition) is 4. The lowest BCUT2D eigenvalue weighted by Crippen LogP contribution is -2.40. The van der Waals surface area contributed by atoms with E-state index in [0.29, 0.717) is 38.7 Å². The summed E-state index contributed by atoms with van der Waals surface area (Å²) in [6.07, 6.45) is 0. The summed E-state index contributed by atoms with van der Waals surface area (Å²) in [6, 6.07) is 20.1. The van der Waals surface area contributed by atoms with Gasteiger partial charge in [0.15, 0.2) is 0 Å². The molecule has 1 fully saturated rings. The number of hydrazone groups is 1. The Morgan fingerprint density at radius 2 is 1.66 bits per heavy atom. The standard InChI is InChI=1S/C21H24N4O3S/c1-17(23-29(26,27)24-12-14-28-15-13-24)25-16-20(18-8-4-2-5-9-18)21(22-25)19-10-6-3-7-11-19/h2-11,20H,12-16H2,1H3/b23-17+. The van der Waals surface area contributed by atoms with E-state index in [4.69, 9.17) is 9.84 Å². The summed E-state index contributed by atoms with van der Waals surface area (Å²) >= 11 is 0. The van der Waals surface area contributed by atoms with Crippen molar-refractivity contribution in [1.29, 1.82) is 0 Å². The van der Waals surface area contributed by atoms with Gasteiger partial charge in [0.2, 0.25) is 0 Å². The van der Waals surface area contributed by atoms with Gasteiger partial charge in [-0.2, -0.15) is 17.8 Å².